The first kappa shape index (κ1) is 15.3. The summed E-state index contributed by atoms with van der Waals surface area (Å²) in [6.07, 6.45) is 2.27. The van der Waals surface area contributed by atoms with Gasteiger partial charge < -0.3 is 20.9 Å². The summed E-state index contributed by atoms with van der Waals surface area (Å²) < 4.78 is 5.84. The zero-order chi connectivity index (χ0) is 15.6. The lowest BCUT2D eigenvalue weighted by atomic mass is 9.46. The molecule has 0 aromatic heterocycles. The number of fused-ring (bicyclic) bond motifs is 1. The molecule has 0 radical (unpaired) electrons. The minimum absolute atomic E-state index is 0.000200. The summed E-state index contributed by atoms with van der Waals surface area (Å²) in [7, 11) is 0. The van der Waals surface area contributed by atoms with Gasteiger partial charge in [-0.2, -0.15) is 0 Å². The maximum Gasteiger partial charge on any atom is 0.241 e. The van der Waals surface area contributed by atoms with Gasteiger partial charge in [0.05, 0.1) is 12.2 Å². The van der Waals surface area contributed by atoms with Crippen LogP contribution in [0.25, 0.3) is 0 Å². The summed E-state index contributed by atoms with van der Waals surface area (Å²) in [5.41, 5.74) is 5.08. The number of hydrogen-bond acceptors (Lipinski definition) is 4. The molecule has 5 unspecified atom stereocenters. The highest BCUT2D eigenvalue weighted by molar-refractivity contribution is 5.90. The Hall–Kier alpha value is -0.650. The van der Waals surface area contributed by atoms with Gasteiger partial charge in [0.1, 0.15) is 5.54 Å². The fourth-order valence-electron chi connectivity index (χ4n) is 4.46. The number of rotatable bonds is 2. The number of aliphatic hydroxyl groups excluding tert-OH is 1. The molecule has 3 fully saturated rings. The highest BCUT2D eigenvalue weighted by Gasteiger charge is 2.70. The first-order valence-corrected chi connectivity index (χ1v) is 8.03. The number of hydrogen-bond donors (Lipinski definition) is 3. The van der Waals surface area contributed by atoms with Crippen molar-refractivity contribution in [1.29, 1.82) is 0 Å². The highest BCUT2D eigenvalue weighted by Crippen LogP contribution is 2.57. The molecule has 5 nitrogen and oxygen atoms in total. The molecule has 4 N–H and O–H groups in total. The lowest BCUT2D eigenvalue weighted by molar-refractivity contribution is -0.226. The molecule has 21 heavy (non-hydrogen) atoms. The van der Waals surface area contributed by atoms with Crippen LogP contribution in [0.3, 0.4) is 0 Å². The summed E-state index contributed by atoms with van der Waals surface area (Å²) in [4.78, 5) is 12.8. The number of nitrogens with one attached hydrogen (secondary N) is 1. The fraction of sp³-hybridized carbons (Fsp3) is 0.938. The van der Waals surface area contributed by atoms with E-state index in [-0.39, 0.29) is 40.9 Å². The van der Waals surface area contributed by atoms with Crippen molar-refractivity contribution in [3.63, 3.8) is 0 Å². The molecule has 120 valence electrons. The van der Waals surface area contributed by atoms with Gasteiger partial charge in [-0.1, -0.05) is 27.7 Å². The van der Waals surface area contributed by atoms with Crippen LogP contribution in [0.1, 0.15) is 47.0 Å². The van der Waals surface area contributed by atoms with Gasteiger partial charge in [-0.3, -0.25) is 4.79 Å². The van der Waals surface area contributed by atoms with Crippen molar-refractivity contribution in [1.82, 2.24) is 5.32 Å². The van der Waals surface area contributed by atoms with Gasteiger partial charge in [0.15, 0.2) is 0 Å². The van der Waals surface area contributed by atoms with Crippen molar-refractivity contribution in [2.24, 2.45) is 22.5 Å². The Morgan fingerprint density at radius 1 is 1.33 bits per heavy atom. The molecule has 3 aliphatic rings. The predicted molar refractivity (Wildman–Crippen MR) is 79.5 cm³/mol. The second-order valence-electron chi connectivity index (χ2n) is 8.23. The Labute approximate surface area is 126 Å². The summed E-state index contributed by atoms with van der Waals surface area (Å²) >= 11 is 0. The number of carbonyl (C=O) groups excluding carboxylic acids is 1. The zero-order valence-electron chi connectivity index (χ0n) is 13.5. The molecule has 1 amide bonds. The van der Waals surface area contributed by atoms with Gasteiger partial charge in [0.2, 0.25) is 5.91 Å². The molecular weight excluding hydrogens is 268 g/mol. The number of ether oxygens (including phenoxy) is 1. The van der Waals surface area contributed by atoms with E-state index in [9.17, 15) is 9.90 Å². The van der Waals surface area contributed by atoms with E-state index < -0.39 is 5.54 Å². The molecule has 2 aliphatic carbocycles. The van der Waals surface area contributed by atoms with E-state index in [1.165, 1.54) is 0 Å². The molecule has 1 saturated heterocycles. The molecule has 1 heterocycles. The van der Waals surface area contributed by atoms with Gasteiger partial charge >= 0.3 is 0 Å². The highest BCUT2D eigenvalue weighted by atomic mass is 16.5. The van der Waals surface area contributed by atoms with E-state index in [0.717, 1.165) is 19.4 Å². The van der Waals surface area contributed by atoms with Gasteiger partial charge in [0, 0.05) is 29.4 Å². The molecule has 5 heteroatoms. The van der Waals surface area contributed by atoms with E-state index in [1.807, 2.05) is 27.7 Å². The molecule has 3 rings (SSSR count). The second kappa shape index (κ2) is 4.43. The van der Waals surface area contributed by atoms with Crippen LogP contribution >= 0.6 is 0 Å². The number of amides is 1. The second-order valence-corrected chi connectivity index (χ2v) is 8.23. The summed E-state index contributed by atoms with van der Waals surface area (Å²) in [6, 6.07) is -0.000200. The Kier molecular flexibility index (Phi) is 3.22. The Morgan fingerprint density at radius 2 is 2.00 bits per heavy atom. The SMILES string of the molecule is CC1(C)C(O)CC1NC(=O)C1(N)C2CCCOC2C1(C)C. The van der Waals surface area contributed by atoms with Crippen LogP contribution < -0.4 is 11.1 Å². The van der Waals surface area contributed by atoms with Gasteiger partial charge in [-0.05, 0) is 19.3 Å². The molecule has 5 atom stereocenters. The van der Waals surface area contributed by atoms with Crippen LogP contribution in [0.4, 0.5) is 0 Å². The standard InChI is InChI=1S/C16H28N2O3/c1-14(2)10(8-11(14)19)18-13(20)16(17)9-6-5-7-21-12(9)15(16,3)4/h9-12,19H,5-8,17H2,1-4H3,(H,18,20). The van der Waals surface area contributed by atoms with Crippen LogP contribution in [0.5, 0.6) is 0 Å². The molecule has 2 saturated carbocycles. The maximum absolute atomic E-state index is 12.8. The van der Waals surface area contributed by atoms with Crippen LogP contribution in [0.2, 0.25) is 0 Å². The maximum atomic E-state index is 12.8. The average molecular weight is 296 g/mol. The number of carbonyl (C=O) groups is 1. The minimum Gasteiger partial charge on any atom is -0.392 e. The van der Waals surface area contributed by atoms with Crippen LogP contribution in [-0.4, -0.2) is 41.4 Å². The van der Waals surface area contributed by atoms with Gasteiger partial charge in [-0.25, -0.2) is 0 Å². The van der Waals surface area contributed by atoms with Crippen LogP contribution in [0.15, 0.2) is 0 Å². The van der Waals surface area contributed by atoms with Crippen molar-refractivity contribution < 1.29 is 14.6 Å². The van der Waals surface area contributed by atoms with Gasteiger partial charge in [-0.15, -0.1) is 0 Å². The van der Waals surface area contributed by atoms with Crippen molar-refractivity contribution in [3.8, 4) is 0 Å². The quantitative estimate of drug-likeness (QED) is 0.703. The first-order chi connectivity index (χ1) is 9.63. The van der Waals surface area contributed by atoms with Crippen molar-refractivity contribution in [3.05, 3.63) is 0 Å². The Balaban J connectivity index is 1.75. The summed E-state index contributed by atoms with van der Waals surface area (Å²) in [6.45, 7) is 8.78. The van der Waals surface area contributed by atoms with E-state index in [2.05, 4.69) is 5.32 Å². The minimum atomic E-state index is -0.866. The van der Waals surface area contributed by atoms with Crippen molar-refractivity contribution in [2.45, 2.75) is 70.7 Å². The molecule has 1 aliphatic heterocycles. The Bertz CT molecular complexity index is 462. The fourth-order valence-corrected chi connectivity index (χ4v) is 4.46. The predicted octanol–water partition coefficient (Wildman–Crippen LogP) is 0.794. The van der Waals surface area contributed by atoms with Gasteiger partial charge in [0.25, 0.3) is 0 Å². The smallest absolute Gasteiger partial charge is 0.241 e. The van der Waals surface area contributed by atoms with Crippen molar-refractivity contribution >= 4 is 5.91 Å². The van der Waals surface area contributed by atoms with Crippen molar-refractivity contribution in [2.75, 3.05) is 6.61 Å². The Morgan fingerprint density at radius 3 is 2.57 bits per heavy atom. The average Bonchev–Trinajstić information content (AvgIpc) is 2.45. The number of aliphatic hydroxyl groups is 1. The first-order valence-electron chi connectivity index (χ1n) is 8.03. The zero-order valence-corrected chi connectivity index (χ0v) is 13.5. The number of nitrogens with two attached hydrogens (primary N) is 1. The third-order valence-corrected chi connectivity index (χ3v) is 6.58. The van der Waals surface area contributed by atoms with Crippen LogP contribution in [0, 0.1) is 16.7 Å². The third kappa shape index (κ3) is 1.77. The molecule has 0 aromatic carbocycles. The monoisotopic (exact) mass is 296 g/mol. The van der Waals surface area contributed by atoms with E-state index >= 15 is 0 Å². The molecule has 0 bridgehead atoms. The lowest BCUT2D eigenvalue weighted by Crippen LogP contribution is -2.83. The summed E-state index contributed by atoms with van der Waals surface area (Å²) in [5.74, 6) is 0.0265. The lowest BCUT2D eigenvalue weighted by Gasteiger charge is -2.65. The molecule has 0 spiro atoms. The molecule has 0 aromatic rings. The third-order valence-electron chi connectivity index (χ3n) is 6.58. The van der Waals surface area contributed by atoms with E-state index in [4.69, 9.17) is 10.5 Å². The summed E-state index contributed by atoms with van der Waals surface area (Å²) in [5, 5.41) is 12.9. The normalized spacial score (nSPS) is 46.8. The van der Waals surface area contributed by atoms with E-state index in [1.54, 1.807) is 0 Å². The van der Waals surface area contributed by atoms with Crippen LogP contribution in [-0.2, 0) is 9.53 Å². The largest absolute Gasteiger partial charge is 0.392 e. The topological polar surface area (TPSA) is 84.6 Å². The molecular formula is C16H28N2O3. The van der Waals surface area contributed by atoms with E-state index in [0.29, 0.717) is 6.42 Å².